The lowest BCUT2D eigenvalue weighted by Crippen LogP contribution is -2.69. The van der Waals surface area contributed by atoms with Gasteiger partial charge in [-0.15, -0.1) is 0 Å². The molecule has 0 bridgehead atoms. The Morgan fingerprint density at radius 2 is 1.84 bits per heavy atom. The highest BCUT2D eigenvalue weighted by Gasteiger charge is 2.52. The van der Waals surface area contributed by atoms with Gasteiger partial charge in [0.2, 0.25) is 0 Å². The maximum absolute atomic E-state index is 12.7. The first kappa shape index (κ1) is 16.4. The fraction of sp³-hybridized carbons (Fsp3) is 0.933. The average molecular weight is 272 g/mol. The number of rotatable bonds is 1. The summed E-state index contributed by atoms with van der Waals surface area (Å²) in [5.41, 5.74) is -0.439. The number of quaternary nitrogens is 1. The van der Waals surface area contributed by atoms with E-state index in [1.807, 2.05) is 20.8 Å². The zero-order chi connectivity index (χ0) is 14.9. The Morgan fingerprint density at radius 3 is 2.26 bits per heavy atom. The van der Waals surface area contributed by atoms with Crippen LogP contribution in [-0.4, -0.2) is 48.5 Å². The summed E-state index contributed by atoms with van der Waals surface area (Å²) < 4.78 is 11.7. The second-order valence-corrected chi connectivity index (χ2v) is 7.51. The van der Waals surface area contributed by atoms with Crippen LogP contribution in [0.25, 0.3) is 0 Å². The van der Waals surface area contributed by atoms with E-state index in [2.05, 4.69) is 27.7 Å². The number of carbonyl (C=O) groups excluding carboxylic acids is 1. The minimum Gasteiger partial charge on any atom is -0.414 e. The van der Waals surface area contributed by atoms with E-state index in [4.69, 9.17) is 9.47 Å². The van der Waals surface area contributed by atoms with Crippen molar-refractivity contribution in [3.8, 4) is 0 Å². The molecule has 4 heteroatoms. The van der Waals surface area contributed by atoms with Crippen LogP contribution in [0, 0.1) is 5.41 Å². The minimum atomic E-state index is -0.446. The molecule has 0 aromatic carbocycles. The van der Waals surface area contributed by atoms with Crippen LogP contribution in [0.4, 0.5) is 4.79 Å². The second kappa shape index (κ2) is 5.41. The summed E-state index contributed by atoms with van der Waals surface area (Å²) in [6, 6.07) is 0.140. The van der Waals surface area contributed by atoms with Crippen molar-refractivity contribution in [2.75, 3.05) is 26.3 Å². The number of hydrogen-bond donors (Lipinski definition) is 0. The van der Waals surface area contributed by atoms with Gasteiger partial charge in [0.25, 0.3) is 0 Å². The number of amides is 1. The first-order valence-corrected chi connectivity index (χ1v) is 7.21. The molecule has 2 atom stereocenters. The summed E-state index contributed by atoms with van der Waals surface area (Å²) in [6.07, 6.45) is -0.113. The van der Waals surface area contributed by atoms with E-state index in [9.17, 15) is 4.79 Å². The Labute approximate surface area is 117 Å². The molecule has 1 saturated heterocycles. The highest BCUT2D eigenvalue weighted by molar-refractivity contribution is 5.60. The maximum atomic E-state index is 12.7. The molecule has 2 unspecified atom stereocenters. The molecule has 112 valence electrons. The number of ether oxygens (including phenoxy) is 2. The third kappa shape index (κ3) is 3.69. The van der Waals surface area contributed by atoms with Crippen molar-refractivity contribution in [3.63, 3.8) is 0 Å². The van der Waals surface area contributed by atoms with Crippen molar-refractivity contribution in [3.05, 3.63) is 0 Å². The van der Waals surface area contributed by atoms with Crippen LogP contribution in [0.5, 0.6) is 0 Å². The number of nitrogens with zero attached hydrogens (tertiary/aromatic N) is 1. The predicted octanol–water partition coefficient (Wildman–Crippen LogP) is 3.20. The highest BCUT2D eigenvalue weighted by atomic mass is 16.6. The molecule has 0 N–H and O–H groups in total. The predicted molar refractivity (Wildman–Crippen MR) is 76.0 cm³/mol. The monoisotopic (exact) mass is 272 g/mol. The number of likely N-dealkylation sites (N-methyl/N-ethyl adjacent to an activating group) is 1. The molecule has 1 amide bonds. The van der Waals surface area contributed by atoms with Crippen LogP contribution in [0.2, 0.25) is 0 Å². The summed E-state index contributed by atoms with van der Waals surface area (Å²) in [4.78, 5) is 12.7. The van der Waals surface area contributed by atoms with Crippen LogP contribution < -0.4 is 0 Å². The van der Waals surface area contributed by atoms with Gasteiger partial charge in [-0.2, -0.15) is 4.79 Å². The van der Waals surface area contributed by atoms with Crippen molar-refractivity contribution in [1.29, 1.82) is 0 Å². The molecule has 19 heavy (non-hydrogen) atoms. The molecule has 4 nitrogen and oxygen atoms in total. The normalized spacial score (nSPS) is 29.1. The minimum absolute atomic E-state index is 0.00728. The Bertz CT molecular complexity index is 327. The lowest BCUT2D eigenvalue weighted by atomic mass is 9.84. The van der Waals surface area contributed by atoms with Crippen molar-refractivity contribution in [1.82, 2.24) is 0 Å². The van der Waals surface area contributed by atoms with E-state index in [1.54, 1.807) is 0 Å². The summed E-state index contributed by atoms with van der Waals surface area (Å²) in [5, 5.41) is 0. The SMILES string of the molecule is CC[N+]1(C(=O)OC(C)(C)C)CCOCC1C(C)(C)C. The second-order valence-electron chi connectivity index (χ2n) is 7.51. The third-order valence-corrected chi connectivity index (χ3v) is 3.83. The van der Waals surface area contributed by atoms with E-state index in [-0.39, 0.29) is 17.6 Å². The fourth-order valence-electron chi connectivity index (χ4n) is 2.79. The summed E-state index contributed by atoms with van der Waals surface area (Å²) >= 11 is 0. The van der Waals surface area contributed by atoms with Gasteiger partial charge in [0, 0.05) is 5.41 Å². The van der Waals surface area contributed by atoms with Gasteiger partial charge >= 0.3 is 6.09 Å². The van der Waals surface area contributed by atoms with Crippen LogP contribution in [0.1, 0.15) is 48.5 Å². The average Bonchev–Trinajstić information content (AvgIpc) is 2.25. The van der Waals surface area contributed by atoms with Gasteiger partial charge in [-0.25, -0.2) is 4.48 Å². The van der Waals surface area contributed by atoms with Gasteiger partial charge in [0.15, 0.2) is 0 Å². The molecule has 1 rings (SSSR count). The molecule has 1 heterocycles. The lowest BCUT2D eigenvalue weighted by Gasteiger charge is -2.48. The Hall–Kier alpha value is -0.610. The van der Waals surface area contributed by atoms with Crippen LogP contribution in [0.15, 0.2) is 0 Å². The fourth-order valence-corrected chi connectivity index (χ4v) is 2.79. The summed E-state index contributed by atoms with van der Waals surface area (Å²) in [5.74, 6) is 0. The van der Waals surface area contributed by atoms with Crippen molar-refractivity contribution in [2.45, 2.75) is 60.1 Å². The van der Waals surface area contributed by atoms with E-state index in [0.29, 0.717) is 24.2 Å². The van der Waals surface area contributed by atoms with Crippen molar-refractivity contribution in [2.24, 2.45) is 5.41 Å². The van der Waals surface area contributed by atoms with Crippen molar-refractivity contribution < 1.29 is 18.8 Å². The van der Waals surface area contributed by atoms with Gasteiger partial charge in [0.1, 0.15) is 24.8 Å². The molecule has 1 aliphatic heterocycles. The van der Waals surface area contributed by atoms with E-state index in [0.717, 1.165) is 6.54 Å². The van der Waals surface area contributed by atoms with E-state index >= 15 is 0 Å². The Balaban J connectivity index is 3.07. The highest BCUT2D eigenvalue weighted by Crippen LogP contribution is 2.34. The standard InChI is InChI=1S/C15H30NO3/c1-8-16(13(17)19-15(5,6)7)9-10-18-11-12(16)14(2,3)4/h12H,8-11H2,1-7H3/q+1. The quantitative estimate of drug-likeness (QED) is 0.688. The van der Waals surface area contributed by atoms with Gasteiger partial charge in [0.05, 0.1) is 13.2 Å². The summed E-state index contributed by atoms with van der Waals surface area (Å²) in [7, 11) is 0. The molecule has 0 aromatic rings. The van der Waals surface area contributed by atoms with Gasteiger partial charge in [-0.1, -0.05) is 20.8 Å². The van der Waals surface area contributed by atoms with Crippen molar-refractivity contribution >= 4 is 6.09 Å². The van der Waals surface area contributed by atoms with Gasteiger partial charge in [-0.05, 0) is 27.7 Å². The topological polar surface area (TPSA) is 35.5 Å². The molecular weight excluding hydrogens is 242 g/mol. The smallest absolute Gasteiger partial charge is 0.414 e. The van der Waals surface area contributed by atoms with E-state index in [1.165, 1.54) is 0 Å². The van der Waals surface area contributed by atoms with E-state index < -0.39 is 5.60 Å². The number of morpholine rings is 1. The van der Waals surface area contributed by atoms with Crippen LogP contribution >= 0.6 is 0 Å². The summed E-state index contributed by atoms with van der Waals surface area (Å²) in [6.45, 7) is 17.0. The molecule has 0 radical (unpaired) electrons. The zero-order valence-corrected chi connectivity index (χ0v) is 13.6. The maximum Gasteiger partial charge on any atom is 0.516 e. The first-order chi connectivity index (χ1) is 8.53. The van der Waals surface area contributed by atoms with Gasteiger partial charge in [-0.3, -0.25) is 0 Å². The number of hydrogen-bond acceptors (Lipinski definition) is 3. The largest absolute Gasteiger partial charge is 0.516 e. The Kier molecular flexibility index (Phi) is 4.68. The first-order valence-electron chi connectivity index (χ1n) is 7.21. The Morgan fingerprint density at radius 1 is 1.26 bits per heavy atom. The van der Waals surface area contributed by atoms with Crippen LogP contribution in [-0.2, 0) is 9.47 Å². The van der Waals surface area contributed by atoms with Gasteiger partial charge < -0.3 is 9.47 Å². The zero-order valence-electron chi connectivity index (χ0n) is 13.6. The molecule has 1 fully saturated rings. The third-order valence-electron chi connectivity index (χ3n) is 3.83. The lowest BCUT2D eigenvalue weighted by molar-refractivity contribution is -0.898. The van der Waals surface area contributed by atoms with Crippen LogP contribution in [0.3, 0.4) is 0 Å². The molecule has 0 aromatic heterocycles. The molecule has 0 saturated carbocycles. The molecule has 0 spiro atoms. The number of carbonyl (C=O) groups is 1. The molecule has 1 aliphatic rings. The molecular formula is C15H30NO3+. The molecule has 0 aliphatic carbocycles.